The van der Waals surface area contributed by atoms with E-state index < -0.39 is 0 Å². The number of aromatic nitrogens is 5. The summed E-state index contributed by atoms with van der Waals surface area (Å²) in [6.07, 6.45) is 6.70. The number of hydrogen-bond donors (Lipinski definition) is 2. The Hall–Kier alpha value is -4.22. The lowest BCUT2D eigenvalue weighted by atomic mass is 9.89. The Morgan fingerprint density at radius 2 is 1.95 bits per heavy atom. The summed E-state index contributed by atoms with van der Waals surface area (Å²) in [5, 5.41) is 18.5. The zero-order valence-corrected chi connectivity index (χ0v) is 24.3. The Labute approximate surface area is 244 Å². The van der Waals surface area contributed by atoms with E-state index in [-0.39, 0.29) is 18.1 Å². The van der Waals surface area contributed by atoms with Crippen LogP contribution >= 0.6 is 0 Å². The number of likely N-dealkylation sites (N-methyl/N-ethyl adjacent to an activating group) is 1. The van der Waals surface area contributed by atoms with Crippen molar-refractivity contribution in [1.29, 1.82) is 0 Å². The molecule has 218 valence electrons. The van der Waals surface area contributed by atoms with Gasteiger partial charge in [0, 0.05) is 68.5 Å². The third-order valence-corrected chi connectivity index (χ3v) is 8.98. The van der Waals surface area contributed by atoms with Gasteiger partial charge in [0.05, 0.1) is 18.8 Å². The summed E-state index contributed by atoms with van der Waals surface area (Å²) in [5.74, 6) is 1.41. The molecule has 1 aliphatic carbocycles. The second-order valence-electron chi connectivity index (χ2n) is 11.8. The molecule has 42 heavy (non-hydrogen) atoms. The molecule has 1 amide bonds. The number of nitrogens with zero attached hydrogens (tertiary/aromatic N) is 7. The number of pyridine rings is 2. The Bertz CT molecular complexity index is 1770. The predicted octanol–water partition coefficient (Wildman–Crippen LogP) is 3.23. The quantitative estimate of drug-likeness (QED) is 0.380. The van der Waals surface area contributed by atoms with Gasteiger partial charge in [-0.25, -0.2) is 4.98 Å². The van der Waals surface area contributed by atoms with E-state index in [0.29, 0.717) is 53.2 Å². The van der Waals surface area contributed by atoms with Crippen molar-refractivity contribution in [2.24, 2.45) is 7.05 Å². The van der Waals surface area contributed by atoms with E-state index in [4.69, 9.17) is 0 Å². The van der Waals surface area contributed by atoms with Crippen LogP contribution in [0.5, 0.6) is 0 Å². The number of fused-ring (bicyclic) bond motifs is 4. The first-order chi connectivity index (χ1) is 20.3. The van der Waals surface area contributed by atoms with E-state index >= 15 is 0 Å². The summed E-state index contributed by atoms with van der Waals surface area (Å²) in [4.78, 5) is 35.5. The van der Waals surface area contributed by atoms with Gasteiger partial charge < -0.3 is 19.6 Å². The molecule has 0 saturated heterocycles. The third kappa shape index (κ3) is 4.35. The SMILES string of the molecule is C[C@H]1CCCc2cc3n(c21)CCN(c1nccc(-c2cc(Nc4cc5n(n4)CCN(C)C5)c(=O)n(C)c2)c1CO)C3=O. The van der Waals surface area contributed by atoms with Crippen LogP contribution in [0.25, 0.3) is 11.1 Å². The number of carbonyl (C=O) groups is 1. The van der Waals surface area contributed by atoms with Gasteiger partial charge in [0.25, 0.3) is 11.5 Å². The lowest BCUT2D eigenvalue weighted by Crippen LogP contribution is -2.41. The van der Waals surface area contributed by atoms with Crippen molar-refractivity contribution in [3.8, 4) is 11.1 Å². The molecule has 0 aromatic carbocycles. The van der Waals surface area contributed by atoms with Crippen molar-refractivity contribution in [2.75, 3.05) is 30.4 Å². The highest BCUT2D eigenvalue weighted by Gasteiger charge is 2.34. The molecule has 0 fully saturated rings. The molecule has 4 aromatic heterocycles. The van der Waals surface area contributed by atoms with Gasteiger partial charge in [-0.15, -0.1) is 0 Å². The van der Waals surface area contributed by atoms with Gasteiger partial charge >= 0.3 is 0 Å². The average molecular weight is 569 g/mol. The van der Waals surface area contributed by atoms with Crippen LogP contribution in [0.15, 0.2) is 41.5 Å². The molecule has 0 radical (unpaired) electrons. The zero-order valence-electron chi connectivity index (χ0n) is 24.3. The van der Waals surface area contributed by atoms with Crippen molar-refractivity contribution in [1.82, 2.24) is 28.8 Å². The number of anilines is 3. The number of rotatable bonds is 5. The number of aryl methyl sites for hydroxylation is 2. The van der Waals surface area contributed by atoms with Crippen LogP contribution in [-0.4, -0.2) is 59.9 Å². The van der Waals surface area contributed by atoms with Gasteiger partial charge in [0.2, 0.25) is 0 Å². The molecule has 1 atom stereocenters. The van der Waals surface area contributed by atoms with Gasteiger partial charge in [0.1, 0.15) is 17.2 Å². The fraction of sp³-hybridized carbons (Fsp3) is 0.419. The highest BCUT2D eigenvalue weighted by atomic mass is 16.3. The van der Waals surface area contributed by atoms with Crippen molar-refractivity contribution < 1.29 is 9.90 Å². The molecular formula is C31H36N8O3. The zero-order chi connectivity index (χ0) is 29.1. The minimum absolute atomic E-state index is 0.0978. The lowest BCUT2D eigenvalue weighted by Gasteiger charge is -2.31. The Morgan fingerprint density at radius 3 is 2.79 bits per heavy atom. The normalized spacial score (nSPS) is 18.5. The van der Waals surface area contributed by atoms with Crippen LogP contribution in [0.1, 0.15) is 58.7 Å². The number of hydrogen-bond acceptors (Lipinski definition) is 7. The first-order valence-electron chi connectivity index (χ1n) is 14.7. The van der Waals surface area contributed by atoms with E-state index in [2.05, 4.69) is 44.9 Å². The summed E-state index contributed by atoms with van der Waals surface area (Å²) in [6, 6.07) is 7.63. The Morgan fingerprint density at radius 1 is 1.10 bits per heavy atom. The molecule has 4 aromatic rings. The summed E-state index contributed by atoms with van der Waals surface area (Å²) >= 11 is 0. The minimum Gasteiger partial charge on any atom is -0.392 e. The second-order valence-corrected chi connectivity index (χ2v) is 11.8. The molecule has 7 rings (SSSR count). The van der Waals surface area contributed by atoms with Gasteiger partial charge in [0.15, 0.2) is 5.82 Å². The van der Waals surface area contributed by atoms with E-state index in [1.165, 1.54) is 15.8 Å². The largest absolute Gasteiger partial charge is 0.392 e. The summed E-state index contributed by atoms with van der Waals surface area (Å²) < 4.78 is 5.68. The fourth-order valence-corrected chi connectivity index (χ4v) is 6.88. The molecule has 6 heterocycles. The third-order valence-electron chi connectivity index (χ3n) is 8.98. The predicted molar refractivity (Wildman–Crippen MR) is 160 cm³/mol. The maximum Gasteiger partial charge on any atom is 0.276 e. The molecule has 3 aliphatic rings. The maximum atomic E-state index is 13.8. The first kappa shape index (κ1) is 26.7. The summed E-state index contributed by atoms with van der Waals surface area (Å²) in [7, 11) is 3.78. The van der Waals surface area contributed by atoms with Crippen LogP contribution < -0.4 is 15.8 Å². The minimum atomic E-state index is -0.302. The van der Waals surface area contributed by atoms with E-state index in [1.54, 1.807) is 30.4 Å². The van der Waals surface area contributed by atoms with Crippen molar-refractivity contribution >= 4 is 23.2 Å². The van der Waals surface area contributed by atoms with Crippen LogP contribution in [0.3, 0.4) is 0 Å². The van der Waals surface area contributed by atoms with Gasteiger partial charge in [-0.2, -0.15) is 5.10 Å². The first-order valence-corrected chi connectivity index (χ1v) is 14.7. The molecule has 0 saturated carbocycles. The van der Waals surface area contributed by atoms with Gasteiger partial charge in [-0.1, -0.05) is 6.92 Å². The van der Waals surface area contributed by atoms with Crippen molar-refractivity contribution in [2.45, 2.75) is 58.3 Å². The molecule has 11 heteroatoms. The van der Waals surface area contributed by atoms with E-state index in [9.17, 15) is 14.7 Å². The topological polar surface area (TPSA) is 113 Å². The number of nitrogens with one attached hydrogen (secondary N) is 1. The molecule has 0 bridgehead atoms. The smallest absolute Gasteiger partial charge is 0.276 e. The standard InChI is InChI=1S/C31H36N8O3/c1-19-5-4-6-20-14-26-31(42)38(11-10-37(26)28(19)20)29-24(18-40)23(7-8-32-29)21-13-25(30(41)36(3)16-21)33-27-15-22-17-35(2)9-12-39(22)34-27/h7-8,13-16,19,40H,4-6,9-12,17-18H2,1-3H3,(H,33,34)/t19-/m0/s1. The second kappa shape index (κ2) is 10.2. The Balaban J connectivity index is 1.24. The molecule has 11 nitrogen and oxygen atoms in total. The maximum absolute atomic E-state index is 13.8. The average Bonchev–Trinajstić information content (AvgIpc) is 3.57. The number of aliphatic hydroxyl groups excluding tert-OH is 1. The van der Waals surface area contributed by atoms with E-state index in [0.717, 1.165) is 50.2 Å². The molecule has 0 unspecified atom stereocenters. The Kier molecular flexibility index (Phi) is 6.51. The molecule has 0 spiro atoms. The highest BCUT2D eigenvalue weighted by Crippen LogP contribution is 2.37. The van der Waals surface area contributed by atoms with Gasteiger partial charge in [-0.05, 0) is 61.6 Å². The summed E-state index contributed by atoms with van der Waals surface area (Å²) in [5.41, 5.74) is 6.55. The molecule has 2 N–H and O–H groups in total. The molecular weight excluding hydrogens is 532 g/mol. The van der Waals surface area contributed by atoms with Crippen LogP contribution in [0.2, 0.25) is 0 Å². The van der Waals surface area contributed by atoms with Crippen LogP contribution in [0.4, 0.5) is 17.3 Å². The van der Waals surface area contributed by atoms with Crippen LogP contribution in [-0.2, 0) is 39.7 Å². The van der Waals surface area contributed by atoms with Crippen molar-refractivity contribution in [3.05, 3.63) is 75.2 Å². The van der Waals surface area contributed by atoms with Gasteiger partial charge in [-0.3, -0.25) is 24.1 Å². The highest BCUT2D eigenvalue weighted by molar-refractivity contribution is 6.06. The monoisotopic (exact) mass is 568 g/mol. The van der Waals surface area contributed by atoms with Crippen molar-refractivity contribution in [3.63, 3.8) is 0 Å². The lowest BCUT2D eigenvalue weighted by molar-refractivity contribution is 0.0963. The van der Waals surface area contributed by atoms with Crippen LogP contribution in [0, 0.1) is 0 Å². The summed E-state index contributed by atoms with van der Waals surface area (Å²) in [6.45, 7) is 5.63. The number of aliphatic hydroxyl groups is 1. The molecule has 2 aliphatic heterocycles. The van der Waals surface area contributed by atoms with E-state index in [1.807, 2.05) is 16.8 Å². The number of amides is 1. The number of carbonyl (C=O) groups excluding carboxylic acids is 1. The fourth-order valence-electron chi connectivity index (χ4n) is 6.88.